The molecule has 20 heavy (non-hydrogen) atoms. The number of nitrogens with zero attached hydrogens (tertiary/aromatic N) is 1. The minimum absolute atomic E-state index is 0.132. The van der Waals surface area contributed by atoms with Crippen LogP contribution < -0.4 is 4.74 Å². The highest BCUT2D eigenvalue weighted by Crippen LogP contribution is 2.17. The Morgan fingerprint density at radius 3 is 2.55 bits per heavy atom. The van der Waals surface area contributed by atoms with Gasteiger partial charge in [0.15, 0.2) is 6.61 Å². The van der Waals surface area contributed by atoms with E-state index in [2.05, 4.69) is 0 Å². The molecule has 1 heterocycles. The Balaban J connectivity index is 1.92. The Bertz CT molecular complexity index is 512. The summed E-state index contributed by atoms with van der Waals surface area (Å²) in [4.78, 5) is 24.2. The van der Waals surface area contributed by atoms with Gasteiger partial charge in [0.25, 0.3) is 5.91 Å². The van der Waals surface area contributed by atoms with Gasteiger partial charge in [-0.15, -0.1) is 0 Å². The normalized spacial score (nSPS) is 14.9. The van der Waals surface area contributed by atoms with E-state index in [4.69, 9.17) is 9.84 Å². The molecule has 6 heteroatoms. The fourth-order valence-electron chi connectivity index (χ4n) is 2.14. The summed E-state index contributed by atoms with van der Waals surface area (Å²) in [5.41, 5.74) is -0.417. The third-order valence-electron chi connectivity index (χ3n) is 3.24. The van der Waals surface area contributed by atoms with Crippen LogP contribution in [0.15, 0.2) is 18.2 Å². The van der Waals surface area contributed by atoms with Crippen LogP contribution >= 0.6 is 0 Å². The van der Waals surface area contributed by atoms with Gasteiger partial charge in [0, 0.05) is 19.2 Å². The summed E-state index contributed by atoms with van der Waals surface area (Å²) in [6.07, 6.45) is 3.12. The maximum Gasteiger partial charge on any atom is 0.338 e. The van der Waals surface area contributed by atoms with Crippen LogP contribution in [0.4, 0.5) is 4.39 Å². The van der Waals surface area contributed by atoms with Gasteiger partial charge < -0.3 is 14.7 Å². The molecular weight excluding hydrogens is 265 g/mol. The van der Waals surface area contributed by atoms with Gasteiger partial charge in [0.05, 0.1) is 5.56 Å². The number of ether oxygens (including phenoxy) is 1. The standard InChI is InChI=1S/C14H16FNO4/c15-12-8-10(4-5-11(12)14(18)19)20-9-13(17)16-6-2-1-3-7-16/h4-5,8H,1-3,6-7,9H2,(H,18,19). The van der Waals surface area contributed by atoms with E-state index in [1.165, 1.54) is 6.07 Å². The van der Waals surface area contributed by atoms with Crippen molar-refractivity contribution in [3.63, 3.8) is 0 Å². The molecule has 5 nitrogen and oxygen atoms in total. The number of hydrogen-bond acceptors (Lipinski definition) is 3. The van der Waals surface area contributed by atoms with Gasteiger partial charge in [0.2, 0.25) is 0 Å². The van der Waals surface area contributed by atoms with Gasteiger partial charge in [-0.25, -0.2) is 9.18 Å². The van der Waals surface area contributed by atoms with E-state index in [9.17, 15) is 14.0 Å². The van der Waals surface area contributed by atoms with Crippen LogP contribution in [-0.2, 0) is 4.79 Å². The number of benzene rings is 1. The van der Waals surface area contributed by atoms with Crippen molar-refractivity contribution in [1.82, 2.24) is 4.90 Å². The molecule has 1 N–H and O–H groups in total. The van der Waals surface area contributed by atoms with E-state index in [0.29, 0.717) is 0 Å². The molecule has 1 fully saturated rings. The number of halogens is 1. The van der Waals surface area contributed by atoms with Gasteiger partial charge in [-0.05, 0) is 31.4 Å². The van der Waals surface area contributed by atoms with E-state index >= 15 is 0 Å². The lowest BCUT2D eigenvalue weighted by Gasteiger charge is -2.26. The number of rotatable bonds is 4. The average molecular weight is 281 g/mol. The Labute approximate surface area is 116 Å². The summed E-state index contributed by atoms with van der Waals surface area (Å²) in [5.74, 6) is -2.19. The minimum Gasteiger partial charge on any atom is -0.484 e. The van der Waals surface area contributed by atoms with E-state index < -0.39 is 17.3 Å². The largest absolute Gasteiger partial charge is 0.484 e. The SMILES string of the molecule is O=C(O)c1ccc(OCC(=O)N2CCCCC2)cc1F. The van der Waals surface area contributed by atoms with Crippen molar-refractivity contribution >= 4 is 11.9 Å². The van der Waals surface area contributed by atoms with Gasteiger partial charge in [-0.3, -0.25) is 4.79 Å². The maximum atomic E-state index is 13.4. The Kier molecular flexibility index (Phi) is 4.55. The molecule has 0 unspecified atom stereocenters. The maximum absolute atomic E-state index is 13.4. The predicted molar refractivity (Wildman–Crippen MR) is 69.3 cm³/mol. The number of amides is 1. The number of carbonyl (C=O) groups is 2. The lowest BCUT2D eigenvalue weighted by Crippen LogP contribution is -2.38. The third-order valence-corrected chi connectivity index (χ3v) is 3.24. The second-order valence-electron chi connectivity index (χ2n) is 4.68. The molecule has 2 rings (SSSR count). The van der Waals surface area contributed by atoms with Crippen molar-refractivity contribution in [2.45, 2.75) is 19.3 Å². The summed E-state index contributed by atoms with van der Waals surface area (Å²) in [5, 5.41) is 8.70. The van der Waals surface area contributed by atoms with Crippen molar-refractivity contribution in [2.24, 2.45) is 0 Å². The van der Waals surface area contributed by atoms with Gasteiger partial charge in [-0.1, -0.05) is 0 Å². The summed E-state index contributed by atoms with van der Waals surface area (Å²) < 4.78 is 18.6. The number of carboxylic acid groups (broad SMARTS) is 1. The molecule has 1 saturated heterocycles. The van der Waals surface area contributed by atoms with Gasteiger partial charge in [0.1, 0.15) is 11.6 Å². The molecule has 0 atom stereocenters. The Morgan fingerprint density at radius 1 is 1.25 bits per heavy atom. The average Bonchev–Trinajstić information content (AvgIpc) is 2.45. The Morgan fingerprint density at radius 2 is 1.95 bits per heavy atom. The molecule has 0 bridgehead atoms. The molecule has 0 spiro atoms. The molecule has 0 radical (unpaired) electrons. The van der Waals surface area contributed by atoms with Crippen LogP contribution in [-0.4, -0.2) is 41.6 Å². The molecule has 1 aliphatic rings. The molecule has 108 valence electrons. The smallest absolute Gasteiger partial charge is 0.338 e. The lowest BCUT2D eigenvalue weighted by molar-refractivity contribution is -0.134. The highest BCUT2D eigenvalue weighted by Gasteiger charge is 2.17. The first-order chi connectivity index (χ1) is 9.58. The van der Waals surface area contributed by atoms with Gasteiger partial charge in [-0.2, -0.15) is 0 Å². The second-order valence-corrected chi connectivity index (χ2v) is 4.68. The van der Waals surface area contributed by atoms with Crippen LogP contribution in [0.2, 0.25) is 0 Å². The fourth-order valence-corrected chi connectivity index (χ4v) is 2.14. The monoisotopic (exact) mass is 281 g/mol. The Hall–Kier alpha value is -2.11. The molecule has 0 saturated carbocycles. The van der Waals surface area contributed by atoms with Crippen molar-refractivity contribution in [3.8, 4) is 5.75 Å². The first-order valence-corrected chi connectivity index (χ1v) is 6.51. The topological polar surface area (TPSA) is 66.8 Å². The van der Waals surface area contributed by atoms with Crippen molar-refractivity contribution in [3.05, 3.63) is 29.6 Å². The van der Waals surface area contributed by atoms with Crippen molar-refractivity contribution in [1.29, 1.82) is 0 Å². The zero-order chi connectivity index (χ0) is 14.5. The fraction of sp³-hybridized carbons (Fsp3) is 0.429. The van der Waals surface area contributed by atoms with Crippen LogP contribution in [0.25, 0.3) is 0 Å². The van der Waals surface area contributed by atoms with Crippen molar-refractivity contribution in [2.75, 3.05) is 19.7 Å². The number of likely N-dealkylation sites (tertiary alicyclic amines) is 1. The van der Waals surface area contributed by atoms with E-state index in [1.54, 1.807) is 4.90 Å². The third kappa shape index (κ3) is 3.46. The highest BCUT2D eigenvalue weighted by atomic mass is 19.1. The minimum atomic E-state index is -1.33. The predicted octanol–water partition coefficient (Wildman–Crippen LogP) is 1.92. The summed E-state index contributed by atoms with van der Waals surface area (Å²) in [7, 11) is 0. The van der Waals surface area contributed by atoms with E-state index in [1.807, 2.05) is 0 Å². The van der Waals surface area contributed by atoms with Crippen LogP contribution in [0.3, 0.4) is 0 Å². The number of hydrogen-bond donors (Lipinski definition) is 1. The number of carboxylic acids is 1. The summed E-state index contributed by atoms with van der Waals surface area (Å²) >= 11 is 0. The number of carbonyl (C=O) groups excluding carboxylic acids is 1. The molecule has 1 aromatic rings. The molecule has 0 aliphatic carbocycles. The first kappa shape index (κ1) is 14.3. The van der Waals surface area contributed by atoms with Crippen molar-refractivity contribution < 1.29 is 23.8 Å². The second kappa shape index (κ2) is 6.36. The summed E-state index contributed by atoms with van der Waals surface area (Å²) in [6, 6.07) is 3.45. The number of aromatic carboxylic acids is 1. The first-order valence-electron chi connectivity index (χ1n) is 6.51. The van der Waals surface area contributed by atoms with Crippen LogP contribution in [0.5, 0.6) is 5.75 Å². The molecule has 0 aromatic heterocycles. The van der Waals surface area contributed by atoms with E-state index in [0.717, 1.165) is 44.5 Å². The van der Waals surface area contributed by atoms with Gasteiger partial charge >= 0.3 is 5.97 Å². The highest BCUT2D eigenvalue weighted by molar-refractivity contribution is 5.88. The molecular formula is C14H16FNO4. The molecule has 1 aliphatic heterocycles. The zero-order valence-electron chi connectivity index (χ0n) is 11.0. The van der Waals surface area contributed by atoms with E-state index in [-0.39, 0.29) is 18.3 Å². The summed E-state index contributed by atoms with van der Waals surface area (Å²) in [6.45, 7) is 1.30. The van der Waals surface area contributed by atoms with Crippen LogP contribution in [0, 0.1) is 5.82 Å². The zero-order valence-corrected chi connectivity index (χ0v) is 11.0. The quantitative estimate of drug-likeness (QED) is 0.915. The van der Waals surface area contributed by atoms with Crippen LogP contribution in [0.1, 0.15) is 29.6 Å². The lowest BCUT2D eigenvalue weighted by atomic mass is 10.1. The molecule has 1 amide bonds. The molecule has 1 aromatic carbocycles. The number of piperidine rings is 1.